The monoisotopic (exact) mass is 489 g/mol. The Hall–Kier alpha value is -4.66. The molecule has 3 aromatic carbocycles. The van der Waals surface area contributed by atoms with E-state index >= 15 is 0 Å². The largest absolute Gasteiger partial charge is 0.497 e. The van der Waals surface area contributed by atoms with Crippen LogP contribution in [0.25, 0.3) is 22.2 Å². The number of fused-ring (bicyclic) bond motifs is 1. The number of hydrogen-bond donors (Lipinski definition) is 2. The summed E-state index contributed by atoms with van der Waals surface area (Å²) in [6.45, 7) is 1.64. The number of pyridine rings is 1. The molecule has 36 heavy (non-hydrogen) atoms. The predicted octanol–water partition coefficient (Wildman–Crippen LogP) is 5.64. The normalized spacial score (nSPS) is 10.5. The van der Waals surface area contributed by atoms with Gasteiger partial charge < -0.3 is 24.8 Å². The highest BCUT2D eigenvalue weighted by molar-refractivity contribution is 6.01. The molecule has 9 heteroatoms. The third-order valence-corrected chi connectivity index (χ3v) is 5.15. The Morgan fingerprint density at radius 1 is 0.944 bits per heavy atom. The molecule has 4 rings (SSSR count). The molecule has 184 valence electrons. The van der Waals surface area contributed by atoms with E-state index < -0.39 is 12.0 Å². The van der Waals surface area contributed by atoms with E-state index in [2.05, 4.69) is 15.6 Å². The third-order valence-electron chi connectivity index (χ3n) is 5.15. The smallest absolute Gasteiger partial charge is 0.344 e. The van der Waals surface area contributed by atoms with E-state index in [-0.39, 0.29) is 19.0 Å². The van der Waals surface area contributed by atoms with Crippen LogP contribution in [0.4, 0.5) is 20.6 Å². The van der Waals surface area contributed by atoms with Crippen LogP contribution in [0.2, 0.25) is 0 Å². The van der Waals surface area contributed by atoms with E-state index in [0.717, 1.165) is 0 Å². The Morgan fingerprint density at radius 3 is 2.42 bits per heavy atom. The minimum atomic E-state index is -0.516. The van der Waals surface area contributed by atoms with E-state index in [0.29, 0.717) is 45.0 Å². The molecule has 0 aliphatic heterocycles. The molecule has 2 amide bonds. The highest BCUT2D eigenvalue weighted by atomic mass is 19.1. The number of hydrogen-bond acceptors (Lipinski definition) is 6. The van der Waals surface area contributed by atoms with Crippen LogP contribution in [0.3, 0.4) is 0 Å². The van der Waals surface area contributed by atoms with Crippen LogP contribution in [-0.4, -0.2) is 37.3 Å². The second-order valence-electron chi connectivity index (χ2n) is 7.65. The van der Waals surface area contributed by atoms with Gasteiger partial charge in [-0.15, -0.1) is 0 Å². The molecule has 8 nitrogen and oxygen atoms in total. The summed E-state index contributed by atoms with van der Waals surface area (Å²) in [7, 11) is 1.55. The maximum Gasteiger partial charge on any atom is 0.344 e. The number of benzene rings is 3. The second kappa shape index (κ2) is 11.2. The zero-order valence-electron chi connectivity index (χ0n) is 19.7. The number of aromatic nitrogens is 1. The van der Waals surface area contributed by atoms with Gasteiger partial charge in [0.2, 0.25) is 0 Å². The van der Waals surface area contributed by atoms with Gasteiger partial charge in [-0.1, -0.05) is 6.07 Å². The minimum absolute atomic E-state index is 0.233. The number of nitrogens with zero attached hydrogens (tertiary/aromatic N) is 1. The van der Waals surface area contributed by atoms with Gasteiger partial charge in [0, 0.05) is 34.5 Å². The fraction of sp³-hybridized carbons (Fsp3) is 0.148. The number of nitrogens with one attached hydrogen (secondary N) is 2. The van der Waals surface area contributed by atoms with Crippen molar-refractivity contribution in [1.82, 2.24) is 4.98 Å². The van der Waals surface area contributed by atoms with E-state index in [4.69, 9.17) is 14.2 Å². The quantitative estimate of drug-likeness (QED) is 0.311. The van der Waals surface area contributed by atoms with Crippen molar-refractivity contribution in [2.75, 3.05) is 31.0 Å². The molecule has 0 spiro atoms. The van der Waals surface area contributed by atoms with Gasteiger partial charge in [0.05, 0.1) is 24.9 Å². The van der Waals surface area contributed by atoms with Gasteiger partial charge >= 0.3 is 12.0 Å². The number of anilines is 2. The van der Waals surface area contributed by atoms with E-state index in [1.165, 1.54) is 12.1 Å². The summed E-state index contributed by atoms with van der Waals surface area (Å²) in [5, 5.41) is 6.10. The molecule has 0 bridgehead atoms. The fourth-order valence-corrected chi connectivity index (χ4v) is 3.49. The van der Waals surface area contributed by atoms with Gasteiger partial charge in [-0.3, -0.25) is 0 Å². The number of esters is 1. The zero-order chi connectivity index (χ0) is 25.5. The fourth-order valence-electron chi connectivity index (χ4n) is 3.49. The van der Waals surface area contributed by atoms with E-state index in [9.17, 15) is 14.0 Å². The molecule has 0 saturated heterocycles. The zero-order valence-corrected chi connectivity index (χ0v) is 19.7. The van der Waals surface area contributed by atoms with E-state index in [1.54, 1.807) is 74.7 Å². The predicted molar refractivity (Wildman–Crippen MR) is 135 cm³/mol. The van der Waals surface area contributed by atoms with E-state index in [1.807, 2.05) is 0 Å². The first-order valence-electron chi connectivity index (χ1n) is 11.2. The molecule has 0 fully saturated rings. The van der Waals surface area contributed by atoms with Crippen molar-refractivity contribution in [3.63, 3.8) is 0 Å². The third kappa shape index (κ3) is 6.06. The van der Waals surface area contributed by atoms with Gasteiger partial charge in [-0.2, -0.15) is 0 Å². The summed E-state index contributed by atoms with van der Waals surface area (Å²) in [6.07, 6.45) is 0. The summed E-state index contributed by atoms with van der Waals surface area (Å²) < 4.78 is 29.3. The molecule has 0 unspecified atom stereocenters. The highest BCUT2D eigenvalue weighted by Crippen LogP contribution is 2.32. The SMILES string of the molecule is CCOC(=O)COc1cc(-c2ccc(F)cc2)nc2ccc(NC(=O)Nc3cccc(OC)c3)cc12. The molecule has 1 aromatic heterocycles. The summed E-state index contributed by atoms with van der Waals surface area (Å²) in [6, 6.07) is 19.2. The summed E-state index contributed by atoms with van der Waals surface area (Å²) in [5.41, 5.74) is 2.84. The summed E-state index contributed by atoms with van der Waals surface area (Å²) in [5.74, 6) is 0.105. The number of halogens is 1. The number of methoxy groups -OCH3 is 1. The first-order valence-corrected chi connectivity index (χ1v) is 11.2. The Bertz CT molecular complexity index is 1390. The Balaban J connectivity index is 1.62. The molecule has 0 aliphatic rings. The number of ether oxygens (including phenoxy) is 3. The van der Waals surface area contributed by atoms with Crippen LogP contribution in [0.5, 0.6) is 11.5 Å². The lowest BCUT2D eigenvalue weighted by Crippen LogP contribution is -2.19. The standard InChI is InChI=1S/C27H24FN3O5/c1-3-35-26(32)16-36-25-15-24(17-7-9-18(28)10-8-17)31-23-12-11-20(14-22(23)25)30-27(33)29-19-5-4-6-21(13-19)34-2/h4-15H,3,16H2,1-2H3,(H2,29,30,33). The lowest BCUT2D eigenvalue weighted by molar-refractivity contribution is -0.145. The molecule has 2 N–H and O–H groups in total. The molecule has 0 saturated carbocycles. The van der Waals surface area contributed by atoms with Gasteiger partial charge in [-0.05, 0) is 61.5 Å². The van der Waals surface area contributed by atoms with Gasteiger partial charge in [0.15, 0.2) is 6.61 Å². The Kier molecular flexibility index (Phi) is 7.60. The van der Waals surface area contributed by atoms with Crippen molar-refractivity contribution in [2.45, 2.75) is 6.92 Å². The van der Waals surface area contributed by atoms with Crippen LogP contribution in [0, 0.1) is 5.82 Å². The molecule has 4 aromatic rings. The van der Waals surface area contributed by atoms with Crippen LogP contribution in [-0.2, 0) is 9.53 Å². The highest BCUT2D eigenvalue weighted by Gasteiger charge is 2.13. The lowest BCUT2D eigenvalue weighted by Gasteiger charge is -2.13. The summed E-state index contributed by atoms with van der Waals surface area (Å²) >= 11 is 0. The molecule has 0 atom stereocenters. The first-order chi connectivity index (χ1) is 17.4. The molecule has 1 heterocycles. The number of amides is 2. The van der Waals surface area contributed by atoms with Crippen LogP contribution >= 0.6 is 0 Å². The molecular weight excluding hydrogens is 465 g/mol. The molecular formula is C27H24FN3O5. The van der Waals surface area contributed by atoms with Crippen molar-refractivity contribution < 1.29 is 28.2 Å². The topological polar surface area (TPSA) is 98.8 Å². The summed E-state index contributed by atoms with van der Waals surface area (Å²) in [4.78, 5) is 29.1. The van der Waals surface area contributed by atoms with Crippen LogP contribution in [0.1, 0.15) is 6.92 Å². The average molecular weight is 490 g/mol. The van der Waals surface area contributed by atoms with Crippen molar-refractivity contribution in [2.24, 2.45) is 0 Å². The lowest BCUT2D eigenvalue weighted by atomic mass is 10.1. The minimum Gasteiger partial charge on any atom is -0.497 e. The number of urea groups is 1. The van der Waals surface area contributed by atoms with Gasteiger partial charge in [0.1, 0.15) is 17.3 Å². The average Bonchev–Trinajstić information content (AvgIpc) is 2.88. The maximum absolute atomic E-state index is 13.4. The molecule has 0 radical (unpaired) electrons. The number of rotatable bonds is 8. The van der Waals surface area contributed by atoms with Crippen molar-refractivity contribution in [3.05, 3.63) is 78.6 Å². The molecule has 0 aliphatic carbocycles. The maximum atomic E-state index is 13.4. The van der Waals surface area contributed by atoms with Gasteiger partial charge in [0.25, 0.3) is 0 Å². The number of carbonyl (C=O) groups is 2. The van der Waals surface area contributed by atoms with Crippen molar-refractivity contribution in [3.8, 4) is 22.8 Å². The number of carbonyl (C=O) groups excluding carboxylic acids is 2. The van der Waals surface area contributed by atoms with Crippen LogP contribution < -0.4 is 20.1 Å². The first kappa shape index (κ1) is 24.5. The van der Waals surface area contributed by atoms with Gasteiger partial charge in [-0.25, -0.2) is 19.0 Å². The van der Waals surface area contributed by atoms with Crippen molar-refractivity contribution in [1.29, 1.82) is 0 Å². The van der Waals surface area contributed by atoms with Crippen molar-refractivity contribution >= 4 is 34.3 Å². The van der Waals surface area contributed by atoms with Crippen LogP contribution in [0.15, 0.2) is 72.8 Å². The Labute approximate surface area is 207 Å². The second-order valence-corrected chi connectivity index (χ2v) is 7.65. The Morgan fingerprint density at radius 2 is 1.69 bits per heavy atom.